The average molecular weight is 424 g/mol. The second kappa shape index (κ2) is 12.0. The Hall–Kier alpha value is -3.02. The van der Waals surface area contributed by atoms with Crippen LogP contribution >= 0.6 is 0 Å². The Balaban J connectivity index is 1.34. The summed E-state index contributed by atoms with van der Waals surface area (Å²) in [4.78, 5) is 26.7. The molecule has 0 bridgehead atoms. The van der Waals surface area contributed by atoms with Crippen LogP contribution in [0.15, 0.2) is 54.6 Å². The molecule has 2 N–H and O–H groups in total. The van der Waals surface area contributed by atoms with Gasteiger partial charge in [0.1, 0.15) is 5.75 Å². The highest BCUT2D eigenvalue weighted by Crippen LogP contribution is 2.21. The highest BCUT2D eigenvalue weighted by molar-refractivity contribution is 5.76. The van der Waals surface area contributed by atoms with Gasteiger partial charge in [-0.05, 0) is 54.9 Å². The van der Waals surface area contributed by atoms with Crippen LogP contribution in [0, 0.1) is 5.92 Å². The fraction of sp³-hybridized carbons (Fsp3) is 0.440. The molecule has 2 aromatic carbocycles. The minimum absolute atomic E-state index is 0.00288. The maximum absolute atomic E-state index is 12.5. The first-order chi connectivity index (χ1) is 15.1. The Kier molecular flexibility index (Phi) is 8.76. The number of rotatable bonds is 9. The topological polar surface area (TPSA) is 70.7 Å². The minimum Gasteiger partial charge on any atom is -0.497 e. The molecule has 1 aliphatic heterocycles. The first kappa shape index (κ1) is 22.7. The number of hydrogen-bond donors (Lipinski definition) is 2. The van der Waals surface area contributed by atoms with Crippen LogP contribution < -0.4 is 15.4 Å². The number of carbonyl (C=O) groups excluding carboxylic acids is 2. The van der Waals surface area contributed by atoms with Crippen molar-refractivity contribution in [2.75, 3.05) is 26.7 Å². The maximum Gasteiger partial charge on any atom is 0.317 e. The smallest absolute Gasteiger partial charge is 0.317 e. The van der Waals surface area contributed by atoms with E-state index in [0.29, 0.717) is 25.4 Å². The molecular weight excluding hydrogens is 390 g/mol. The van der Waals surface area contributed by atoms with Crippen molar-refractivity contribution in [1.82, 2.24) is 15.5 Å². The Morgan fingerprint density at radius 3 is 2.68 bits per heavy atom. The molecule has 6 heteroatoms. The number of nitrogens with zero attached hydrogens (tertiary/aromatic N) is 1. The van der Waals surface area contributed by atoms with E-state index in [1.165, 1.54) is 5.56 Å². The standard InChI is InChI=1S/C25H33N3O3/c1-31-23-11-5-9-22(17-23)18-27-24(29)13-12-21-10-6-16-28(19-21)25(30)26-15-14-20-7-3-2-4-8-20/h2-5,7-9,11,17,21H,6,10,12-16,18-19H2,1H3,(H,26,30)(H,27,29). The van der Waals surface area contributed by atoms with Crippen molar-refractivity contribution in [2.45, 2.75) is 38.6 Å². The number of likely N-dealkylation sites (tertiary alicyclic amines) is 1. The van der Waals surface area contributed by atoms with Gasteiger partial charge < -0.3 is 20.3 Å². The quantitative estimate of drug-likeness (QED) is 0.645. The van der Waals surface area contributed by atoms with Crippen molar-refractivity contribution in [3.05, 3.63) is 65.7 Å². The molecule has 0 radical (unpaired) electrons. The highest BCUT2D eigenvalue weighted by atomic mass is 16.5. The Labute approximate surface area is 185 Å². The predicted octanol–water partition coefficient (Wildman–Crippen LogP) is 3.76. The second-order valence-corrected chi connectivity index (χ2v) is 8.09. The summed E-state index contributed by atoms with van der Waals surface area (Å²) < 4.78 is 5.21. The van der Waals surface area contributed by atoms with Crippen LogP contribution in [0.1, 0.15) is 36.8 Å². The molecule has 3 amide bonds. The van der Waals surface area contributed by atoms with E-state index in [1.807, 2.05) is 47.4 Å². The summed E-state index contributed by atoms with van der Waals surface area (Å²) in [5.74, 6) is 1.21. The lowest BCUT2D eigenvalue weighted by molar-refractivity contribution is -0.121. The molecule has 1 aliphatic rings. The van der Waals surface area contributed by atoms with Crippen LogP contribution in [0.4, 0.5) is 4.79 Å². The van der Waals surface area contributed by atoms with E-state index in [0.717, 1.165) is 50.1 Å². The molecule has 0 aromatic heterocycles. The van der Waals surface area contributed by atoms with Gasteiger partial charge in [0.15, 0.2) is 0 Å². The lowest BCUT2D eigenvalue weighted by Crippen LogP contribution is -2.46. The van der Waals surface area contributed by atoms with Gasteiger partial charge in [-0.15, -0.1) is 0 Å². The normalized spacial score (nSPS) is 15.9. The van der Waals surface area contributed by atoms with E-state index in [9.17, 15) is 9.59 Å². The number of methoxy groups -OCH3 is 1. The molecule has 31 heavy (non-hydrogen) atoms. The number of hydrogen-bond acceptors (Lipinski definition) is 3. The van der Waals surface area contributed by atoms with Crippen LogP contribution in [0.5, 0.6) is 5.75 Å². The molecule has 1 unspecified atom stereocenters. The highest BCUT2D eigenvalue weighted by Gasteiger charge is 2.23. The van der Waals surface area contributed by atoms with Crippen molar-refractivity contribution in [2.24, 2.45) is 5.92 Å². The van der Waals surface area contributed by atoms with E-state index in [1.54, 1.807) is 7.11 Å². The lowest BCUT2D eigenvalue weighted by Gasteiger charge is -2.32. The summed E-state index contributed by atoms with van der Waals surface area (Å²) in [5.41, 5.74) is 2.24. The number of amides is 3. The molecule has 0 spiro atoms. The van der Waals surface area contributed by atoms with Gasteiger partial charge in [-0.1, -0.05) is 42.5 Å². The van der Waals surface area contributed by atoms with Crippen molar-refractivity contribution < 1.29 is 14.3 Å². The van der Waals surface area contributed by atoms with Crippen molar-refractivity contribution >= 4 is 11.9 Å². The van der Waals surface area contributed by atoms with Gasteiger partial charge in [0.05, 0.1) is 7.11 Å². The van der Waals surface area contributed by atoms with E-state index >= 15 is 0 Å². The SMILES string of the molecule is COc1cccc(CNC(=O)CCC2CCCN(C(=O)NCCc3ccccc3)C2)c1. The third-order valence-corrected chi connectivity index (χ3v) is 5.74. The number of piperidine rings is 1. The van der Waals surface area contributed by atoms with Crippen molar-refractivity contribution in [1.29, 1.82) is 0 Å². The predicted molar refractivity (Wildman–Crippen MR) is 122 cm³/mol. The van der Waals surface area contributed by atoms with Gasteiger partial charge in [0, 0.05) is 32.6 Å². The van der Waals surface area contributed by atoms with E-state index in [-0.39, 0.29) is 11.9 Å². The van der Waals surface area contributed by atoms with E-state index < -0.39 is 0 Å². The molecular formula is C25H33N3O3. The molecule has 1 saturated heterocycles. The van der Waals surface area contributed by atoms with Gasteiger partial charge in [0.25, 0.3) is 0 Å². The Morgan fingerprint density at radius 1 is 1.06 bits per heavy atom. The minimum atomic E-state index is 0.00288. The molecule has 0 saturated carbocycles. The number of benzene rings is 2. The number of ether oxygens (including phenoxy) is 1. The maximum atomic E-state index is 12.5. The van der Waals surface area contributed by atoms with Crippen LogP contribution in [0.2, 0.25) is 0 Å². The zero-order valence-corrected chi connectivity index (χ0v) is 18.3. The van der Waals surface area contributed by atoms with Crippen LogP contribution in [0.25, 0.3) is 0 Å². The van der Waals surface area contributed by atoms with Gasteiger partial charge in [-0.25, -0.2) is 4.79 Å². The Morgan fingerprint density at radius 2 is 1.87 bits per heavy atom. The van der Waals surface area contributed by atoms with Gasteiger partial charge in [-0.3, -0.25) is 4.79 Å². The lowest BCUT2D eigenvalue weighted by atomic mass is 9.93. The average Bonchev–Trinajstić information content (AvgIpc) is 2.82. The zero-order chi connectivity index (χ0) is 21.9. The molecule has 0 aliphatic carbocycles. The van der Waals surface area contributed by atoms with Gasteiger partial charge in [0.2, 0.25) is 5.91 Å². The number of urea groups is 1. The van der Waals surface area contributed by atoms with Crippen LogP contribution in [-0.4, -0.2) is 43.6 Å². The summed E-state index contributed by atoms with van der Waals surface area (Å²) >= 11 is 0. The van der Waals surface area contributed by atoms with Crippen molar-refractivity contribution in [3.63, 3.8) is 0 Å². The zero-order valence-electron chi connectivity index (χ0n) is 18.3. The first-order valence-electron chi connectivity index (χ1n) is 11.1. The molecule has 2 aromatic rings. The molecule has 6 nitrogen and oxygen atoms in total. The second-order valence-electron chi connectivity index (χ2n) is 8.09. The summed E-state index contributed by atoms with van der Waals surface area (Å²) in [5, 5.41) is 6.01. The fourth-order valence-corrected chi connectivity index (χ4v) is 3.96. The van der Waals surface area contributed by atoms with E-state index in [4.69, 9.17) is 4.74 Å². The molecule has 3 rings (SSSR count). The largest absolute Gasteiger partial charge is 0.497 e. The molecule has 1 atom stereocenters. The summed E-state index contributed by atoms with van der Waals surface area (Å²) in [6.07, 6.45) is 4.17. The van der Waals surface area contributed by atoms with E-state index in [2.05, 4.69) is 22.8 Å². The Bertz CT molecular complexity index is 841. The number of carbonyl (C=O) groups is 2. The third kappa shape index (κ3) is 7.63. The molecule has 166 valence electrons. The van der Waals surface area contributed by atoms with Gasteiger partial charge in [-0.2, -0.15) is 0 Å². The third-order valence-electron chi connectivity index (χ3n) is 5.74. The van der Waals surface area contributed by atoms with Crippen LogP contribution in [-0.2, 0) is 17.8 Å². The summed E-state index contributed by atoms with van der Waals surface area (Å²) in [6.45, 7) is 2.64. The van der Waals surface area contributed by atoms with Gasteiger partial charge >= 0.3 is 6.03 Å². The summed E-state index contributed by atoms with van der Waals surface area (Å²) in [7, 11) is 1.63. The molecule has 1 heterocycles. The summed E-state index contributed by atoms with van der Waals surface area (Å²) in [6, 6.07) is 17.9. The number of nitrogens with one attached hydrogen (secondary N) is 2. The van der Waals surface area contributed by atoms with Crippen LogP contribution in [0.3, 0.4) is 0 Å². The first-order valence-corrected chi connectivity index (χ1v) is 11.1. The molecule has 1 fully saturated rings. The monoisotopic (exact) mass is 423 g/mol. The fourth-order valence-electron chi connectivity index (χ4n) is 3.96. The van der Waals surface area contributed by atoms with Crippen molar-refractivity contribution in [3.8, 4) is 5.75 Å².